The van der Waals surface area contributed by atoms with Crippen molar-refractivity contribution >= 4 is 5.97 Å². The van der Waals surface area contributed by atoms with E-state index in [-0.39, 0.29) is 0 Å². The Labute approximate surface area is 89.3 Å². The van der Waals surface area contributed by atoms with Gasteiger partial charge in [0.1, 0.15) is 0 Å². The van der Waals surface area contributed by atoms with Gasteiger partial charge in [0.05, 0.1) is 25.2 Å². The minimum Gasteiger partial charge on any atom is -0.481 e. The van der Waals surface area contributed by atoms with Crippen molar-refractivity contribution in [2.75, 3.05) is 40.1 Å². The Morgan fingerprint density at radius 1 is 1.47 bits per heavy atom. The Balaban J connectivity index is 2.24. The standard InChI is InChI=1S/C10H18O5/c1-13-6-7-14-4-2-10(9(11)12)3-5-15-8-10/h2-8H2,1H3,(H,11,12). The first-order valence-corrected chi connectivity index (χ1v) is 5.09. The summed E-state index contributed by atoms with van der Waals surface area (Å²) in [4.78, 5) is 11.1. The summed E-state index contributed by atoms with van der Waals surface area (Å²) in [6.45, 7) is 2.32. The predicted octanol–water partition coefficient (Wildman–Crippen LogP) is 0.531. The first-order valence-electron chi connectivity index (χ1n) is 5.09. The van der Waals surface area contributed by atoms with Gasteiger partial charge in [0.25, 0.3) is 0 Å². The van der Waals surface area contributed by atoms with Crippen LogP contribution in [-0.2, 0) is 19.0 Å². The second-order valence-electron chi connectivity index (χ2n) is 3.74. The molecule has 0 radical (unpaired) electrons. The van der Waals surface area contributed by atoms with Crippen LogP contribution in [0.4, 0.5) is 0 Å². The van der Waals surface area contributed by atoms with E-state index < -0.39 is 11.4 Å². The molecule has 0 spiro atoms. The van der Waals surface area contributed by atoms with Crippen LogP contribution in [0.3, 0.4) is 0 Å². The highest BCUT2D eigenvalue weighted by atomic mass is 16.5. The maximum absolute atomic E-state index is 11.1. The normalized spacial score (nSPS) is 25.7. The Morgan fingerprint density at radius 3 is 2.80 bits per heavy atom. The molecule has 1 fully saturated rings. The van der Waals surface area contributed by atoms with Gasteiger partial charge in [-0.15, -0.1) is 0 Å². The van der Waals surface area contributed by atoms with Gasteiger partial charge in [-0.2, -0.15) is 0 Å². The number of aliphatic carboxylic acids is 1. The van der Waals surface area contributed by atoms with Crippen molar-refractivity contribution in [3.05, 3.63) is 0 Å². The third-order valence-corrected chi connectivity index (χ3v) is 2.71. The summed E-state index contributed by atoms with van der Waals surface area (Å²) in [5.74, 6) is -0.782. The van der Waals surface area contributed by atoms with E-state index in [9.17, 15) is 4.79 Å². The largest absolute Gasteiger partial charge is 0.481 e. The molecule has 1 rings (SSSR count). The second-order valence-corrected chi connectivity index (χ2v) is 3.74. The maximum atomic E-state index is 11.1. The predicted molar refractivity (Wildman–Crippen MR) is 52.8 cm³/mol. The van der Waals surface area contributed by atoms with Crippen LogP contribution in [-0.4, -0.2) is 51.2 Å². The van der Waals surface area contributed by atoms with E-state index in [4.69, 9.17) is 19.3 Å². The number of carbonyl (C=O) groups is 1. The molecule has 0 saturated carbocycles. The molecule has 88 valence electrons. The van der Waals surface area contributed by atoms with Gasteiger partial charge in [-0.3, -0.25) is 4.79 Å². The van der Waals surface area contributed by atoms with Gasteiger partial charge in [0.2, 0.25) is 0 Å². The summed E-state index contributed by atoms with van der Waals surface area (Å²) in [7, 11) is 1.60. The number of ether oxygens (including phenoxy) is 3. The third-order valence-electron chi connectivity index (χ3n) is 2.71. The molecule has 1 aliphatic rings. The van der Waals surface area contributed by atoms with Crippen LogP contribution < -0.4 is 0 Å². The lowest BCUT2D eigenvalue weighted by Crippen LogP contribution is -2.33. The maximum Gasteiger partial charge on any atom is 0.312 e. The van der Waals surface area contributed by atoms with E-state index in [0.717, 1.165) is 0 Å². The summed E-state index contributed by atoms with van der Waals surface area (Å²) in [5, 5.41) is 9.11. The molecule has 0 aromatic carbocycles. The van der Waals surface area contributed by atoms with E-state index in [1.807, 2.05) is 0 Å². The van der Waals surface area contributed by atoms with Crippen LogP contribution in [0.1, 0.15) is 12.8 Å². The molecule has 5 nitrogen and oxygen atoms in total. The lowest BCUT2D eigenvalue weighted by atomic mass is 9.84. The van der Waals surface area contributed by atoms with E-state index in [1.165, 1.54) is 0 Å². The molecule has 1 heterocycles. The molecule has 1 aliphatic heterocycles. The number of methoxy groups -OCH3 is 1. The summed E-state index contributed by atoms with van der Waals surface area (Å²) in [5.41, 5.74) is -0.729. The van der Waals surface area contributed by atoms with E-state index >= 15 is 0 Å². The number of rotatable bonds is 7. The van der Waals surface area contributed by atoms with E-state index in [2.05, 4.69) is 0 Å². The third kappa shape index (κ3) is 3.44. The number of hydrogen-bond acceptors (Lipinski definition) is 4. The van der Waals surface area contributed by atoms with Crippen molar-refractivity contribution in [2.45, 2.75) is 12.8 Å². The van der Waals surface area contributed by atoms with Crippen LogP contribution in [0.25, 0.3) is 0 Å². The van der Waals surface area contributed by atoms with Crippen LogP contribution in [0, 0.1) is 5.41 Å². The molecule has 1 atom stereocenters. The lowest BCUT2D eigenvalue weighted by molar-refractivity contribution is -0.150. The Bertz CT molecular complexity index is 198. The van der Waals surface area contributed by atoms with Crippen LogP contribution in [0.15, 0.2) is 0 Å². The fraction of sp³-hybridized carbons (Fsp3) is 0.900. The highest BCUT2D eigenvalue weighted by molar-refractivity contribution is 5.75. The molecule has 0 aromatic heterocycles. The minimum absolute atomic E-state index is 0.302. The quantitative estimate of drug-likeness (QED) is 0.631. The van der Waals surface area contributed by atoms with Crippen molar-refractivity contribution in [3.63, 3.8) is 0 Å². The average Bonchev–Trinajstić information content (AvgIpc) is 2.67. The molecule has 0 aliphatic carbocycles. The zero-order valence-electron chi connectivity index (χ0n) is 9.03. The van der Waals surface area contributed by atoms with Crippen molar-refractivity contribution in [1.82, 2.24) is 0 Å². The fourth-order valence-electron chi connectivity index (χ4n) is 1.59. The monoisotopic (exact) mass is 218 g/mol. The molecular formula is C10H18O5. The zero-order chi connectivity index (χ0) is 11.1. The number of hydrogen-bond donors (Lipinski definition) is 1. The first-order chi connectivity index (χ1) is 7.21. The Morgan fingerprint density at radius 2 is 2.27 bits per heavy atom. The van der Waals surface area contributed by atoms with Gasteiger partial charge in [-0.05, 0) is 12.8 Å². The lowest BCUT2D eigenvalue weighted by Gasteiger charge is -2.21. The Hall–Kier alpha value is -0.650. The zero-order valence-corrected chi connectivity index (χ0v) is 9.03. The molecule has 5 heteroatoms. The van der Waals surface area contributed by atoms with Crippen molar-refractivity contribution in [2.24, 2.45) is 5.41 Å². The molecule has 1 saturated heterocycles. The number of carboxylic acid groups (broad SMARTS) is 1. The topological polar surface area (TPSA) is 65.0 Å². The van der Waals surface area contributed by atoms with Crippen molar-refractivity contribution in [3.8, 4) is 0 Å². The minimum atomic E-state index is -0.782. The first kappa shape index (κ1) is 12.4. The molecule has 15 heavy (non-hydrogen) atoms. The second kappa shape index (κ2) is 6.05. The van der Waals surface area contributed by atoms with Gasteiger partial charge >= 0.3 is 5.97 Å². The molecule has 1 unspecified atom stereocenters. The van der Waals surface area contributed by atoms with Crippen molar-refractivity contribution < 1.29 is 24.1 Å². The SMILES string of the molecule is COCCOCCC1(C(=O)O)CCOC1. The molecule has 1 N–H and O–H groups in total. The Kier molecular flexibility index (Phi) is 5.01. The number of carboxylic acids is 1. The van der Waals surface area contributed by atoms with Gasteiger partial charge in [-0.1, -0.05) is 0 Å². The summed E-state index contributed by atoms with van der Waals surface area (Å²) in [6.07, 6.45) is 1.09. The van der Waals surface area contributed by atoms with Gasteiger partial charge in [-0.25, -0.2) is 0 Å². The average molecular weight is 218 g/mol. The van der Waals surface area contributed by atoms with Gasteiger partial charge in [0.15, 0.2) is 0 Å². The smallest absolute Gasteiger partial charge is 0.312 e. The summed E-state index contributed by atoms with van der Waals surface area (Å²) < 4.78 is 15.2. The highest BCUT2D eigenvalue weighted by Crippen LogP contribution is 2.32. The summed E-state index contributed by atoms with van der Waals surface area (Å²) in [6, 6.07) is 0. The molecular weight excluding hydrogens is 200 g/mol. The van der Waals surface area contributed by atoms with E-state index in [1.54, 1.807) is 7.11 Å². The van der Waals surface area contributed by atoms with Crippen molar-refractivity contribution in [1.29, 1.82) is 0 Å². The fourth-order valence-corrected chi connectivity index (χ4v) is 1.59. The molecule has 0 amide bonds. The summed E-state index contributed by atoms with van der Waals surface area (Å²) >= 11 is 0. The van der Waals surface area contributed by atoms with Gasteiger partial charge in [0, 0.05) is 20.3 Å². The van der Waals surface area contributed by atoms with Crippen LogP contribution in [0.5, 0.6) is 0 Å². The van der Waals surface area contributed by atoms with Gasteiger partial charge < -0.3 is 19.3 Å². The molecule has 0 aromatic rings. The highest BCUT2D eigenvalue weighted by Gasteiger charge is 2.41. The van der Waals surface area contributed by atoms with Crippen LogP contribution >= 0.6 is 0 Å². The molecule has 0 bridgehead atoms. The van der Waals surface area contributed by atoms with Crippen LogP contribution in [0.2, 0.25) is 0 Å². The van der Waals surface area contributed by atoms with E-state index in [0.29, 0.717) is 45.9 Å².